The Morgan fingerprint density at radius 1 is 1.42 bits per heavy atom. The van der Waals surface area contributed by atoms with Crippen molar-refractivity contribution in [3.05, 3.63) is 29.3 Å². The number of ether oxygens (including phenoxy) is 1. The number of aryl methyl sites for hydroxylation is 2. The van der Waals surface area contributed by atoms with Gasteiger partial charge in [0.25, 0.3) is 0 Å². The third kappa shape index (κ3) is 3.96. The first-order chi connectivity index (χ1) is 8.77. The number of nitrogens with two attached hydrogens (primary N) is 1. The molecule has 0 heterocycles. The van der Waals surface area contributed by atoms with Crippen LogP contribution in [0.25, 0.3) is 0 Å². The van der Waals surface area contributed by atoms with Crippen LogP contribution in [0.5, 0.6) is 0 Å². The first kappa shape index (κ1) is 15.5. The fourth-order valence-electron chi connectivity index (χ4n) is 2.09. The number of hydrogen-bond acceptors (Lipinski definition) is 4. The zero-order valence-corrected chi connectivity index (χ0v) is 12.5. The number of methoxy groups -OCH3 is 1. The Morgan fingerprint density at radius 2 is 2.05 bits per heavy atom. The molecule has 0 aliphatic heterocycles. The van der Waals surface area contributed by atoms with Gasteiger partial charge in [-0.05, 0) is 38.8 Å². The van der Waals surface area contributed by atoms with Crippen molar-refractivity contribution in [1.82, 2.24) is 0 Å². The second-order valence-electron chi connectivity index (χ2n) is 5.37. The first-order valence-electron chi connectivity index (χ1n) is 6.43. The molecule has 0 aliphatic carbocycles. The van der Waals surface area contributed by atoms with Gasteiger partial charge in [0.1, 0.15) is 5.54 Å². The fraction of sp³-hybridized carbons (Fsp3) is 0.533. The maximum absolute atomic E-state index is 11.5. The molecule has 0 radical (unpaired) electrons. The highest BCUT2D eigenvalue weighted by atomic mass is 16.5. The van der Waals surface area contributed by atoms with Crippen molar-refractivity contribution in [3.63, 3.8) is 0 Å². The van der Waals surface area contributed by atoms with Gasteiger partial charge in [-0.1, -0.05) is 17.7 Å². The Kier molecular flexibility index (Phi) is 4.95. The topological polar surface area (TPSA) is 55.6 Å². The van der Waals surface area contributed by atoms with Crippen molar-refractivity contribution in [2.45, 2.75) is 32.7 Å². The van der Waals surface area contributed by atoms with Gasteiger partial charge in [-0.25, -0.2) is 0 Å². The van der Waals surface area contributed by atoms with Crippen LogP contribution in [-0.2, 0) is 9.53 Å². The van der Waals surface area contributed by atoms with Crippen molar-refractivity contribution >= 4 is 11.7 Å². The number of anilines is 1. The van der Waals surface area contributed by atoms with Gasteiger partial charge in [-0.2, -0.15) is 0 Å². The van der Waals surface area contributed by atoms with E-state index >= 15 is 0 Å². The van der Waals surface area contributed by atoms with E-state index in [1.165, 1.54) is 18.2 Å². The minimum Gasteiger partial charge on any atom is -0.468 e. The summed E-state index contributed by atoms with van der Waals surface area (Å²) in [6.45, 7) is 6.56. The van der Waals surface area contributed by atoms with Gasteiger partial charge >= 0.3 is 5.97 Å². The predicted molar refractivity (Wildman–Crippen MR) is 78.4 cm³/mol. The summed E-state index contributed by atoms with van der Waals surface area (Å²) in [7, 11) is 3.37. The summed E-state index contributed by atoms with van der Waals surface area (Å²) in [5.74, 6) is -0.374. The highest BCUT2D eigenvalue weighted by Gasteiger charge is 2.29. The molecule has 4 nitrogen and oxygen atoms in total. The van der Waals surface area contributed by atoms with Gasteiger partial charge in [0.05, 0.1) is 7.11 Å². The van der Waals surface area contributed by atoms with E-state index in [4.69, 9.17) is 10.5 Å². The van der Waals surface area contributed by atoms with E-state index < -0.39 is 5.54 Å². The second-order valence-corrected chi connectivity index (χ2v) is 5.37. The van der Waals surface area contributed by atoms with Gasteiger partial charge < -0.3 is 15.4 Å². The third-order valence-corrected chi connectivity index (χ3v) is 3.38. The quantitative estimate of drug-likeness (QED) is 0.827. The summed E-state index contributed by atoms with van der Waals surface area (Å²) in [5, 5.41) is 0. The molecule has 106 valence electrons. The van der Waals surface area contributed by atoms with Gasteiger partial charge in [0, 0.05) is 19.3 Å². The summed E-state index contributed by atoms with van der Waals surface area (Å²) in [6.07, 6.45) is 0.545. The van der Waals surface area contributed by atoms with Crippen LogP contribution in [0, 0.1) is 13.8 Å². The smallest absolute Gasteiger partial charge is 0.325 e. The molecule has 2 N–H and O–H groups in total. The SMILES string of the molecule is COC(=O)C(C)(N)CCN(C)c1ccc(C)cc1C. The molecule has 0 saturated carbocycles. The Labute approximate surface area is 115 Å². The maximum atomic E-state index is 11.5. The number of nitrogens with zero attached hydrogens (tertiary/aromatic N) is 1. The average Bonchev–Trinajstić information content (AvgIpc) is 2.35. The Bertz CT molecular complexity index is 455. The first-order valence-corrected chi connectivity index (χ1v) is 6.43. The monoisotopic (exact) mass is 264 g/mol. The third-order valence-electron chi connectivity index (χ3n) is 3.38. The number of rotatable bonds is 5. The Balaban J connectivity index is 2.70. The lowest BCUT2D eigenvalue weighted by Gasteiger charge is -2.27. The molecule has 1 atom stereocenters. The predicted octanol–water partition coefficient (Wildman–Crippen LogP) is 2.02. The summed E-state index contributed by atoms with van der Waals surface area (Å²) >= 11 is 0. The van der Waals surface area contributed by atoms with Crippen molar-refractivity contribution in [3.8, 4) is 0 Å². The largest absolute Gasteiger partial charge is 0.468 e. The van der Waals surface area contributed by atoms with Crippen molar-refractivity contribution in [2.24, 2.45) is 5.73 Å². The van der Waals surface area contributed by atoms with Gasteiger partial charge in [0.2, 0.25) is 0 Å². The van der Waals surface area contributed by atoms with Crippen molar-refractivity contribution < 1.29 is 9.53 Å². The maximum Gasteiger partial charge on any atom is 0.325 e. The van der Waals surface area contributed by atoms with E-state index in [-0.39, 0.29) is 5.97 Å². The molecule has 1 rings (SSSR count). The second kappa shape index (κ2) is 6.06. The average molecular weight is 264 g/mol. The number of carbonyl (C=O) groups excluding carboxylic acids is 1. The van der Waals surface area contributed by atoms with Crippen molar-refractivity contribution in [2.75, 3.05) is 25.6 Å². The molecule has 0 bridgehead atoms. The van der Waals surface area contributed by atoms with E-state index in [9.17, 15) is 4.79 Å². The summed E-state index contributed by atoms with van der Waals surface area (Å²) in [4.78, 5) is 13.6. The number of esters is 1. The Morgan fingerprint density at radius 3 is 2.58 bits per heavy atom. The van der Waals surface area contributed by atoms with E-state index in [0.717, 1.165) is 5.69 Å². The lowest BCUT2D eigenvalue weighted by atomic mass is 9.99. The lowest BCUT2D eigenvalue weighted by Crippen LogP contribution is -2.47. The number of benzene rings is 1. The van der Waals surface area contributed by atoms with Crippen LogP contribution in [0.2, 0.25) is 0 Å². The fourth-order valence-corrected chi connectivity index (χ4v) is 2.09. The van der Waals surface area contributed by atoms with Crippen LogP contribution < -0.4 is 10.6 Å². The highest BCUT2D eigenvalue weighted by molar-refractivity contribution is 5.79. The van der Waals surface area contributed by atoms with Crippen LogP contribution in [0.1, 0.15) is 24.5 Å². The van der Waals surface area contributed by atoms with Crippen molar-refractivity contribution in [1.29, 1.82) is 0 Å². The molecular weight excluding hydrogens is 240 g/mol. The van der Waals surface area contributed by atoms with Crippen LogP contribution >= 0.6 is 0 Å². The molecule has 1 unspecified atom stereocenters. The summed E-state index contributed by atoms with van der Waals surface area (Å²) in [6, 6.07) is 6.32. The zero-order valence-electron chi connectivity index (χ0n) is 12.5. The van der Waals surface area contributed by atoms with E-state index in [0.29, 0.717) is 13.0 Å². The molecule has 0 aromatic heterocycles. The number of carbonyl (C=O) groups is 1. The van der Waals surface area contributed by atoms with E-state index in [1.807, 2.05) is 7.05 Å². The summed E-state index contributed by atoms with van der Waals surface area (Å²) < 4.78 is 4.71. The van der Waals surface area contributed by atoms with Gasteiger partial charge in [-0.3, -0.25) is 4.79 Å². The molecule has 4 heteroatoms. The van der Waals surface area contributed by atoms with Gasteiger partial charge in [-0.15, -0.1) is 0 Å². The molecule has 19 heavy (non-hydrogen) atoms. The Hall–Kier alpha value is -1.55. The zero-order chi connectivity index (χ0) is 14.6. The lowest BCUT2D eigenvalue weighted by molar-refractivity contribution is -0.146. The molecule has 0 amide bonds. The molecule has 0 aliphatic rings. The minimum atomic E-state index is -0.943. The van der Waals surface area contributed by atoms with E-state index in [2.05, 4.69) is 36.9 Å². The van der Waals surface area contributed by atoms with Crippen LogP contribution in [0.4, 0.5) is 5.69 Å². The normalized spacial score (nSPS) is 13.8. The molecule has 1 aromatic carbocycles. The highest BCUT2D eigenvalue weighted by Crippen LogP contribution is 2.21. The summed E-state index contributed by atoms with van der Waals surface area (Å²) in [5.41, 5.74) is 8.64. The molecule has 0 spiro atoms. The van der Waals surface area contributed by atoms with Crippen LogP contribution in [0.15, 0.2) is 18.2 Å². The van der Waals surface area contributed by atoms with Gasteiger partial charge in [0.15, 0.2) is 0 Å². The molecule has 0 fully saturated rings. The molecule has 0 saturated heterocycles. The van der Waals surface area contributed by atoms with Crippen LogP contribution in [0.3, 0.4) is 0 Å². The van der Waals surface area contributed by atoms with E-state index in [1.54, 1.807) is 6.92 Å². The standard InChI is InChI=1S/C15H24N2O2/c1-11-6-7-13(12(2)10-11)17(4)9-8-15(3,16)14(18)19-5/h6-7,10H,8-9,16H2,1-5H3. The molecular formula is C15H24N2O2. The molecule has 1 aromatic rings. The van der Waals surface area contributed by atoms with Crippen LogP contribution in [-0.4, -0.2) is 32.2 Å². The minimum absolute atomic E-state index is 0.374. The number of hydrogen-bond donors (Lipinski definition) is 1.